The lowest BCUT2D eigenvalue weighted by atomic mass is 10.2. The predicted molar refractivity (Wildman–Crippen MR) is 82.3 cm³/mol. The molecule has 0 saturated heterocycles. The molecule has 2 aromatic rings. The third kappa shape index (κ3) is 4.30. The number of aromatic nitrogens is 3. The van der Waals surface area contributed by atoms with Crippen molar-refractivity contribution < 1.29 is 4.79 Å². The van der Waals surface area contributed by atoms with Gasteiger partial charge in [0.15, 0.2) is 0 Å². The van der Waals surface area contributed by atoms with Gasteiger partial charge < -0.3 is 15.2 Å². The molecule has 2 heterocycles. The minimum absolute atomic E-state index is 0.0774. The summed E-state index contributed by atoms with van der Waals surface area (Å²) >= 11 is 0. The van der Waals surface area contributed by atoms with Crippen LogP contribution in [0.2, 0.25) is 0 Å². The molecule has 0 aliphatic rings. The summed E-state index contributed by atoms with van der Waals surface area (Å²) in [5, 5.41) is 6.07. The second-order valence-electron chi connectivity index (χ2n) is 4.67. The zero-order valence-electron chi connectivity index (χ0n) is 12.5. The number of amides is 1. The fourth-order valence-corrected chi connectivity index (χ4v) is 1.99. The molecule has 0 aliphatic carbocycles. The average molecular weight is 287 g/mol. The molecule has 6 nitrogen and oxygen atoms in total. The van der Waals surface area contributed by atoms with Gasteiger partial charge >= 0.3 is 0 Å². The first-order valence-electron chi connectivity index (χ1n) is 7.21. The van der Waals surface area contributed by atoms with E-state index in [-0.39, 0.29) is 5.91 Å². The maximum absolute atomic E-state index is 12.2. The van der Waals surface area contributed by atoms with E-state index in [9.17, 15) is 4.79 Å². The van der Waals surface area contributed by atoms with E-state index in [1.165, 1.54) is 0 Å². The van der Waals surface area contributed by atoms with Crippen LogP contribution in [0.3, 0.4) is 0 Å². The molecule has 0 atom stereocenters. The van der Waals surface area contributed by atoms with Gasteiger partial charge in [0.25, 0.3) is 5.91 Å². The summed E-state index contributed by atoms with van der Waals surface area (Å²) in [6, 6.07) is 3.63. The third-order valence-electron chi connectivity index (χ3n) is 3.08. The van der Waals surface area contributed by atoms with Gasteiger partial charge in [-0.3, -0.25) is 4.79 Å². The lowest BCUT2D eigenvalue weighted by Crippen LogP contribution is -2.27. The van der Waals surface area contributed by atoms with E-state index in [4.69, 9.17) is 0 Å². The molecule has 6 heteroatoms. The molecule has 0 bridgehead atoms. The number of nitrogens with one attached hydrogen (secondary N) is 2. The van der Waals surface area contributed by atoms with Gasteiger partial charge in [0.1, 0.15) is 5.82 Å². The summed E-state index contributed by atoms with van der Waals surface area (Å²) < 4.78 is 1.92. The monoisotopic (exact) mass is 287 g/mol. The van der Waals surface area contributed by atoms with Gasteiger partial charge in [-0.15, -0.1) is 0 Å². The van der Waals surface area contributed by atoms with Gasteiger partial charge in [-0.05, 0) is 25.5 Å². The van der Waals surface area contributed by atoms with Crippen LogP contribution in [0.1, 0.15) is 29.9 Å². The molecule has 0 spiro atoms. The molecule has 2 aromatic heterocycles. The summed E-state index contributed by atoms with van der Waals surface area (Å²) in [4.78, 5) is 20.6. The van der Waals surface area contributed by atoms with Crippen LogP contribution >= 0.6 is 0 Å². The van der Waals surface area contributed by atoms with Crippen molar-refractivity contribution in [3.8, 4) is 0 Å². The minimum atomic E-state index is -0.0774. The fourth-order valence-electron chi connectivity index (χ4n) is 1.99. The molecular formula is C15H21N5O. The van der Waals surface area contributed by atoms with Crippen LogP contribution in [0.4, 0.5) is 5.82 Å². The van der Waals surface area contributed by atoms with Gasteiger partial charge in [-0.1, -0.05) is 6.92 Å². The smallest absolute Gasteiger partial charge is 0.251 e. The Kier molecular flexibility index (Phi) is 5.31. The highest BCUT2D eigenvalue weighted by atomic mass is 16.1. The number of hydrogen-bond acceptors (Lipinski definition) is 4. The number of carbonyl (C=O) groups is 1. The maximum Gasteiger partial charge on any atom is 0.251 e. The highest BCUT2D eigenvalue weighted by molar-refractivity contribution is 5.95. The van der Waals surface area contributed by atoms with Crippen molar-refractivity contribution in [2.45, 2.75) is 26.8 Å². The van der Waals surface area contributed by atoms with Gasteiger partial charge in [0.05, 0.1) is 6.33 Å². The Labute approximate surface area is 124 Å². The molecule has 112 valence electrons. The molecule has 2 rings (SSSR count). The van der Waals surface area contributed by atoms with E-state index in [1.807, 2.05) is 30.7 Å². The van der Waals surface area contributed by atoms with E-state index >= 15 is 0 Å². The van der Waals surface area contributed by atoms with Gasteiger partial charge in [0, 0.05) is 43.3 Å². The number of carbonyl (C=O) groups excluding carboxylic acids is 1. The van der Waals surface area contributed by atoms with Crippen molar-refractivity contribution in [3.63, 3.8) is 0 Å². The Morgan fingerprint density at radius 1 is 1.33 bits per heavy atom. The average Bonchev–Trinajstić information content (AvgIpc) is 3.00. The van der Waals surface area contributed by atoms with Crippen molar-refractivity contribution in [2.75, 3.05) is 18.4 Å². The summed E-state index contributed by atoms with van der Waals surface area (Å²) in [6.07, 6.45) is 6.13. The van der Waals surface area contributed by atoms with Gasteiger partial charge in [-0.25, -0.2) is 9.97 Å². The number of imidazole rings is 1. The van der Waals surface area contributed by atoms with Crippen molar-refractivity contribution in [1.29, 1.82) is 0 Å². The first kappa shape index (κ1) is 15.0. The van der Waals surface area contributed by atoms with Crippen LogP contribution in [0.5, 0.6) is 0 Å². The van der Waals surface area contributed by atoms with E-state index < -0.39 is 0 Å². The Hall–Kier alpha value is -2.37. The molecule has 0 aliphatic heterocycles. The zero-order chi connectivity index (χ0) is 15.1. The van der Waals surface area contributed by atoms with Crippen LogP contribution < -0.4 is 10.6 Å². The van der Waals surface area contributed by atoms with E-state index in [1.54, 1.807) is 18.6 Å². The number of hydrogen-bond donors (Lipinski definition) is 2. The molecule has 0 radical (unpaired) electrons. The van der Waals surface area contributed by atoms with Gasteiger partial charge in [-0.2, -0.15) is 0 Å². The lowest BCUT2D eigenvalue weighted by Gasteiger charge is -2.10. The lowest BCUT2D eigenvalue weighted by molar-refractivity contribution is 0.0952. The molecule has 0 saturated carbocycles. The number of aryl methyl sites for hydroxylation is 1. The van der Waals surface area contributed by atoms with Crippen LogP contribution in [-0.2, 0) is 13.0 Å². The van der Waals surface area contributed by atoms with E-state index in [0.29, 0.717) is 18.7 Å². The first-order chi connectivity index (χ1) is 10.2. The fraction of sp³-hybridized carbons (Fsp3) is 0.400. The number of pyridine rings is 1. The molecule has 0 fully saturated rings. The summed E-state index contributed by atoms with van der Waals surface area (Å²) in [6.45, 7) is 6.08. The summed E-state index contributed by atoms with van der Waals surface area (Å²) in [5.74, 6) is 0.669. The number of anilines is 1. The quantitative estimate of drug-likeness (QED) is 0.813. The summed E-state index contributed by atoms with van der Waals surface area (Å²) in [5.41, 5.74) is 1.55. The van der Waals surface area contributed by atoms with Crippen LogP contribution in [-0.4, -0.2) is 33.5 Å². The highest BCUT2D eigenvalue weighted by Crippen LogP contribution is 2.11. The van der Waals surface area contributed by atoms with Crippen LogP contribution in [0.25, 0.3) is 0 Å². The Morgan fingerprint density at radius 2 is 2.19 bits per heavy atom. The predicted octanol–water partition coefficient (Wildman–Crippen LogP) is 1.70. The normalized spacial score (nSPS) is 10.4. The summed E-state index contributed by atoms with van der Waals surface area (Å²) in [7, 11) is 0. The number of rotatable bonds is 7. The molecule has 1 amide bonds. The third-order valence-corrected chi connectivity index (χ3v) is 3.08. The van der Waals surface area contributed by atoms with E-state index in [2.05, 4.69) is 20.6 Å². The Balaban J connectivity index is 1.98. The highest BCUT2D eigenvalue weighted by Gasteiger charge is 2.09. The van der Waals surface area contributed by atoms with E-state index in [0.717, 1.165) is 24.5 Å². The van der Waals surface area contributed by atoms with Crippen molar-refractivity contribution in [2.24, 2.45) is 0 Å². The molecule has 0 unspecified atom stereocenters. The zero-order valence-corrected chi connectivity index (χ0v) is 12.5. The topological polar surface area (TPSA) is 71.8 Å². The minimum Gasteiger partial charge on any atom is -0.370 e. The second kappa shape index (κ2) is 7.42. The van der Waals surface area contributed by atoms with Crippen molar-refractivity contribution in [3.05, 3.63) is 42.1 Å². The maximum atomic E-state index is 12.2. The van der Waals surface area contributed by atoms with Gasteiger partial charge in [0.2, 0.25) is 0 Å². The first-order valence-corrected chi connectivity index (χ1v) is 7.21. The van der Waals surface area contributed by atoms with Crippen LogP contribution in [0.15, 0.2) is 30.9 Å². The number of nitrogens with zero attached hydrogens (tertiary/aromatic N) is 3. The molecule has 2 N–H and O–H groups in total. The molecule has 0 aromatic carbocycles. The Morgan fingerprint density at radius 3 is 2.86 bits per heavy atom. The second-order valence-corrected chi connectivity index (χ2v) is 4.67. The standard InChI is InChI=1S/C15H21N5O/c1-3-13-9-12(10-14(19-13)17-4-2)15(21)18-6-8-20-7-5-16-11-20/h5,7,9-11H,3-4,6,8H2,1-2H3,(H,17,19)(H,18,21). The molecule has 21 heavy (non-hydrogen) atoms. The van der Waals surface area contributed by atoms with Crippen molar-refractivity contribution >= 4 is 11.7 Å². The van der Waals surface area contributed by atoms with Crippen LogP contribution in [0, 0.1) is 0 Å². The Bertz CT molecular complexity index is 580. The molecular weight excluding hydrogens is 266 g/mol. The van der Waals surface area contributed by atoms with Crippen molar-refractivity contribution in [1.82, 2.24) is 19.9 Å². The largest absolute Gasteiger partial charge is 0.370 e. The SMILES string of the molecule is CCNc1cc(C(=O)NCCn2ccnc2)cc(CC)n1.